The minimum absolute atomic E-state index is 0.00203. The molecule has 3 aromatic rings. The monoisotopic (exact) mass is 473 g/mol. The predicted octanol–water partition coefficient (Wildman–Crippen LogP) is 4.67. The molecule has 2 aliphatic rings. The van der Waals surface area contributed by atoms with Crippen molar-refractivity contribution < 1.29 is 14.1 Å². The Morgan fingerprint density at radius 1 is 1.14 bits per heavy atom. The van der Waals surface area contributed by atoms with Gasteiger partial charge in [-0.05, 0) is 49.9 Å². The van der Waals surface area contributed by atoms with Crippen molar-refractivity contribution in [1.82, 2.24) is 25.5 Å². The van der Waals surface area contributed by atoms with Crippen LogP contribution in [0, 0.1) is 13.8 Å². The van der Waals surface area contributed by atoms with Crippen LogP contribution in [0.25, 0.3) is 11.4 Å². The molecule has 0 spiro atoms. The summed E-state index contributed by atoms with van der Waals surface area (Å²) in [5.74, 6) is 1.80. The summed E-state index contributed by atoms with van der Waals surface area (Å²) < 4.78 is 11.5. The molecule has 1 saturated heterocycles. The first-order valence-corrected chi connectivity index (χ1v) is 12.2. The van der Waals surface area contributed by atoms with Gasteiger partial charge in [0.2, 0.25) is 11.7 Å². The normalized spacial score (nSPS) is 19.3. The highest BCUT2D eigenvalue weighted by atomic mass is 16.5. The van der Waals surface area contributed by atoms with Gasteiger partial charge in [0.05, 0.1) is 12.6 Å². The fourth-order valence-electron chi connectivity index (χ4n) is 4.46. The summed E-state index contributed by atoms with van der Waals surface area (Å²) in [7, 11) is 0. The van der Waals surface area contributed by atoms with Gasteiger partial charge in [0.15, 0.2) is 0 Å². The maximum absolute atomic E-state index is 13.3. The Labute approximate surface area is 205 Å². The molecule has 2 atom stereocenters. The van der Waals surface area contributed by atoms with E-state index in [1.54, 1.807) is 11.1 Å². The topological polar surface area (TPSA) is 83.7 Å². The maximum Gasteiger partial charge on any atom is 0.251 e. The number of hydrogen-bond donors (Lipinski definition) is 1. The molecule has 2 aliphatic heterocycles. The van der Waals surface area contributed by atoms with Crippen molar-refractivity contribution >= 4 is 5.91 Å². The van der Waals surface area contributed by atoms with Crippen molar-refractivity contribution in [2.75, 3.05) is 6.61 Å². The number of benzene rings is 2. The number of nitrogens with zero attached hydrogens (tertiary/aromatic N) is 4. The summed E-state index contributed by atoms with van der Waals surface area (Å²) >= 11 is 0. The molecule has 8 nitrogen and oxygen atoms in total. The van der Waals surface area contributed by atoms with E-state index in [1.807, 2.05) is 47.6 Å². The predicted molar refractivity (Wildman–Crippen MR) is 132 cm³/mol. The smallest absolute Gasteiger partial charge is 0.251 e. The average molecular weight is 474 g/mol. The summed E-state index contributed by atoms with van der Waals surface area (Å²) in [6.45, 7) is 7.20. The molecule has 1 amide bonds. The van der Waals surface area contributed by atoms with Crippen LogP contribution in [0.2, 0.25) is 0 Å². The van der Waals surface area contributed by atoms with Crippen molar-refractivity contribution in [2.45, 2.75) is 58.7 Å². The number of carbonyl (C=O) groups excluding carboxylic acids is 1. The van der Waals surface area contributed by atoms with E-state index in [0.717, 1.165) is 29.7 Å². The molecule has 0 radical (unpaired) electrons. The van der Waals surface area contributed by atoms with Crippen LogP contribution in [0.4, 0.5) is 0 Å². The lowest BCUT2D eigenvalue weighted by Gasteiger charge is -2.30. The number of hydrazine groups is 1. The first kappa shape index (κ1) is 23.1. The second kappa shape index (κ2) is 9.92. The molecule has 3 heterocycles. The highest BCUT2D eigenvalue weighted by Crippen LogP contribution is 2.35. The van der Waals surface area contributed by atoms with E-state index in [9.17, 15) is 4.79 Å². The highest BCUT2D eigenvalue weighted by Gasteiger charge is 2.41. The Morgan fingerprint density at radius 2 is 2.00 bits per heavy atom. The summed E-state index contributed by atoms with van der Waals surface area (Å²) in [5, 5.41) is 6.01. The number of hydrogen-bond acceptors (Lipinski definition) is 7. The van der Waals surface area contributed by atoms with E-state index in [-0.39, 0.29) is 24.5 Å². The van der Waals surface area contributed by atoms with Crippen LogP contribution >= 0.6 is 0 Å². The van der Waals surface area contributed by atoms with Crippen LogP contribution in [0.3, 0.4) is 0 Å². The Bertz CT molecular complexity index is 1240. The van der Waals surface area contributed by atoms with Gasteiger partial charge >= 0.3 is 0 Å². The first-order valence-electron chi connectivity index (χ1n) is 12.2. The quantitative estimate of drug-likeness (QED) is 0.476. The number of aromatic nitrogens is 2. The van der Waals surface area contributed by atoms with Gasteiger partial charge in [0, 0.05) is 23.5 Å². The van der Waals surface area contributed by atoms with Gasteiger partial charge in [-0.2, -0.15) is 4.98 Å². The molecule has 1 aromatic heterocycles. The molecule has 8 heteroatoms. The van der Waals surface area contributed by atoms with Gasteiger partial charge in [0.25, 0.3) is 5.91 Å². The molecule has 0 saturated carbocycles. The summed E-state index contributed by atoms with van der Waals surface area (Å²) in [5.41, 5.74) is 7.81. The van der Waals surface area contributed by atoms with E-state index in [2.05, 4.69) is 42.4 Å². The van der Waals surface area contributed by atoms with Gasteiger partial charge in [-0.15, -0.1) is 0 Å². The number of aryl methyl sites for hydroxylation is 2. The Hall–Kier alpha value is -3.65. The zero-order valence-corrected chi connectivity index (χ0v) is 20.4. The molecule has 35 heavy (non-hydrogen) atoms. The van der Waals surface area contributed by atoms with Crippen LogP contribution in [0.1, 0.15) is 54.8 Å². The Morgan fingerprint density at radius 3 is 2.83 bits per heavy atom. The van der Waals surface area contributed by atoms with Crippen molar-refractivity contribution in [3.05, 3.63) is 77.4 Å². The third-order valence-electron chi connectivity index (χ3n) is 6.66. The van der Waals surface area contributed by atoms with Gasteiger partial charge in [-0.25, -0.2) is 5.43 Å². The number of ether oxygens (including phenoxy) is 1. The van der Waals surface area contributed by atoms with Crippen molar-refractivity contribution in [2.24, 2.45) is 0 Å². The Kier molecular flexibility index (Phi) is 6.55. The van der Waals surface area contributed by atoms with Crippen LogP contribution in [-0.2, 0) is 11.3 Å². The second-order valence-corrected chi connectivity index (χ2v) is 9.16. The summed E-state index contributed by atoms with van der Waals surface area (Å²) in [6.07, 6.45) is 6.40. The third kappa shape index (κ3) is 4.79. The lowest BCUT2D eigenvalue weighted by Crippen LogP contribution is -2.47. The van der Waals surface area contributed by atoms with Crippen molar-refractivity contribution in [1.29, 1.82) is 0 Å². The van der Waals surface area contributed by atoms with Crippen LogP contribution in [0.15, 0.2) is 59.4 Å². The SMILES string of the molecule is CCCCOc1ccccc1C1CC2C(=O)N(Cc3nc(-c4ccc(C)c(C)c4)no3)C=CN2N1. The lowest BCUT2D eigenvalue weighted by molar-refractivity contribution is -0.135. The number of carbonyl (C=O) groups is 1. The summed E-state index contributed by atoms with van der Waals surface area (Å²) in [6, 6.07) is 13.8. The number of amides is 1. The Balaban J connectivity index is 1.26. The minimum Gasteiger partial charge on any atom is -0.493 e. The molecule has 0 aliphatic carbocycles. The lowest BCUT2D eigenvalue weighted by atomic mass is 10.00. The maximum atomic E-state index is 13.3. The van der Waals surface area contributed by atoms with Crippen LogP contribution in [0.5, 0.6) is 5.75 Å². The van der Waals surface area contributed by atoms with E-state index in [1.165, 1.54) is 11.1 Å². The largest absolute Gasteiger partial charge is 0.493 e. The van der Waals surface area contributed by atoms with Crippen molar-refractivity contribution in [3.8, 4) is 17.1 Å². The second-order valence-electron chi connectivity index (χ2n) is 9.16. The number of nitrogens with one attached hydrogen (secondary N) is 1. The van der Waals surface area contributed by atoms with E-state index in [0.29, 0.717) is 24.7 Å². The molecular formula is C27H31N5O3. The molecular weight excluding hydrogens is 442 g/mol. The molecule has 182 valence electrons. The van der Waals surface area contributed by atoms with Crippen molar-refractivity contribution in [3.63, 3.8) is 0 Å². The average Bonchev–Trinajstić information content (AvgIpc) is 3.51. The number of rotatable bonds is 8. The van der Waals surface area contributed by atoms with E-state index < -0.39 is 0 Å². The fourth-order valence-corrected chi connectivity index (χ4v) is 4.46. The summed E-state index contributed by atoms with van der Waals surface area (Å²) in [4.78, 5) is 19.5. The molecule has 1 N–H and O–H groups in total. The first-order chi connectivity index (χ1) is 17.0. The molecule has 5 rings (SSSR count). The molecule has 1 fully saturated rings. The van der Waals surface area contributed by atoms with Crippen LogP contribution in [-0.4, -0.2) is 38.6 Å². The highest BCUT2D eigenvalue weighted by molar-refractivity contribution is 5.84. The third-order valence-corrected chi connectivity index (χ3v) is 6.66. The fraction of sp³-hybridized carbons (Fsp3) is 0.370. The zero-order chi connectivity index (χ0) is 24.4. The molecule has 2 aromatic carbocycles. The number of fused-ring (bicyclic) bond motifs is 1. The molecule has 2 unspecified atom stereocenters. The zero-order valence-electron chi connectivity index (χ0n) is 20.4. The number of para-hydroxylation sites is 1. The van der Waals surface area contributed by atoms with Gasteiger partial charge < -0.3 is 19.2 Å². The van der Waals surface area contributed by atoms with Gasteiger partial charge in [-0.1, -0.05) is 48.8 Å². The van der Waals surface area contributed by atoms with E-state index in [4.69, 9.17) is 9.26 Å². The van der Waals surface area contributed by atoms with E-state index >= 15 is 0 Å². The van der Waals surface area contributed by atoms with Gasteiger partial charge in [0.1, 0.15) is 18.3 Å². The van der Waals surface area contributed by atoms with Gasteiger partial charge in [-0.3, -0.25) is 4.79 Å². The standard InChI is InChI=1S/C27H31N5O3/c1-4-5-14-34-24-9-7-6-8-21(24)22-16-23-27(33)31(12-13-32(23)29-22)17-25-28-26(30-35-25)20-11-10-18(2)19(3)15-20/h6-13,15,22-23,29H,4-5,14,16-17H2,1-3H3. The molecule has 0 bridgehead atoms. The number of unbranched alkanes of at least 4 members (excludes halogenated alkanes) is 1. The van der Waals surface area contributed by atoms with Crippen LogP contribution < -0.4 is 10.2 Å². The minimum atomic E-state index is -0.309.